The summed E-state index contributed by atoms with van der Waals surface area (Å²) in [5.74, 6) is -0.277. The van der Waals surface area contributed by atoms with Crippen LogP contribution >= 0.6 is 56.9 Å². The maximum absolute atomic E-state index is 13.6. The molecule has 9 heteroatoms. The number of amidine groups is 1. The van der Waals surface area contributed by atoms with Crippen molar-refractivity contribution >= 4 is 80.1 Å². The van der Waals surface area contributed by atoms with Crippen molar-refractivity contribution < 1.29 is 19.4 Å². The van der Waals surface area contributed by atoms with Gasteiger partial charge in [-0.1, -0.05) is 72.8 Å². The summed E-state index contributed by atoms with van der Waals surface area (Å²) in [6.07, 6.45) is 1.91. The van der Waals surface area contributed by atoms with Crippen molar-refractivity contribution in [3.8, 4) is 5.75 Å². The number of amides is 1. The zero-order chi connectivity index (χ0) is 28.8. The van der Waals surface area contributed by atoms with Crippen LogP contribution in [0, 0.1) is 7.14 Å². The van der Waals surface area contributed by atoms with Gasteiger partial charge in [0.2, 0.25) is 0 Å². The summed E-state index contributed by atoms with van der Waals surface area (Å²) in [7, 11) is 0. The molecule has 41 heavy (non-hydrogen) atoms. The first-order chi connectivity index (χ1) is 19.9. The van der Waals surface area contributed by atoms with Crippen LogP contribution in [0.1, 0.15) is 32.6 Å². The lowest BCUT2D eigenvalue weighted by Gasteiger charge is -2.15. The summed E-state index contributed by atoms with van der Waals surface area (Å²) in [6, 6.07) is 30.6. The number of thioether (sulfide) groups is 1. The Hall–Kier alpha value is -3.16. The van der Waals surface area contributed by atoms with E-state index in [9.17, 15) is 9.59 Å². The van der Waals surface area contributed by atoms with E-state index < -0.39 is 5.97 Å². The van der Waals surface area contributed by atoms with Gasteiger partial charge in [0.1, 0.15) is 12.4 Å². The zero-order valence-electron chi connectivity index (χ0n) is 21.7. The van der Waals surface area contributed by atoms with Crippen molar-refractivity contribution in [2.45, 2.75) is 19.7 Å². The van der Waals surface area contributed by atoms with E-state index in [1.165, 1.54) is 11.8 Å². The molecule has 1 amide bonds. The second kappa shape index (κ2) is 13.7. The average molecular weight is 786 g/mol. The minimum Gasteiger partial charge on any atom is -0.487 e. The maximum atomic E-state index is 13.6. The Morgan fingerprint density at radius 2 is 1.49 bits per heavy atom. The number of hydrogen-bond donors (Lipinski definition) is 1. The summed E-state index contributed by atoms with van der Waals surface area (Å²) in [6.45, 7) is 1.26. The first-order valence-electron chi connectivity index (χ1n) is 12.6. The maximum Gasteiger partial charge on any atom is 0.335 e. The fourth-order valence-corrected chi connectivity index (χ4v) is 7.23. The monoisotopic (exact) mass is 786 g/mol. The lowest BCUT2D eigenvalue weighted by molar-refractivity contribution is -0.122. The predicted octanol–water partition coefficient (Wildman–Crippen LogP) is 7.85. The SMILES string of the molecule is O=C(O)c1ccc(COc2c(I)cc(/C=C3\SC(=NCc4ccccc4)N(Cc4ccccc4)C3=O)cc2I)cc1. The van der Waals surface area contributed by atoms with Gasteiger partial charge in [0.25, 0.3) is 5.91 Å². The van der Waals surface area contributed by atoms with Crippen LogP contribution in [-0.2, 0) is 24.5 Å². The quantitative estimate of drug-likeness (QED) is 0.138. The first-order valence-corrected chi connectivity index (χ1v) is 15.6. The largest absolute Gasteiger partial charge is 0.487 e. The second-order valence-corrected chi connectivity index (χ2v) is 12.5. The Morgan fingerprint density at radius 1 is 0.878 bits per heavy atom. The van der Waals surface area contributed by atoms with Crippen LogP contribution in [-0.4, -0.2) is 27.1 Å². The molecule has 0 bridgehead atoms. The average Bonchev–Trinajstić information content (AvgIpc) is 3.26. The van der Waals surface area contributed by atoms with Gasteiger partial charge in [0.15, 0.2) is 5.17 Å². The van der Waals surface area contributed by atoms with E-state index in [0.717, 1.165) is 35.1 Å². The van der Waals surface area contributed by atoms with E-state index >= 15 is 0 Å². The first kappa shape index (κ1) is 29.3. The highest BCUT2D eigenvalue weighted by Crippen LogP contribution is 2.36. The highest BCUT2D eigenvalue weighted by atomic mass is 127. The van der Waals surface area contributed by atoms with Crippen molar-refractivity contribution in [3.63, 3.8) is 0 Å². The normalized spacial score (nSPS) is 15.1. The third kappa shape index (κ3) is 7.57. The zero-order valence-corrected chi connectivity index (χ0v) is 26.8. The number of ether oxygens (including phenoxy) is 1. The molecule has 0 aromatic heterocycles. The number of rotatable bonds is 9. The molecule has 6 nitrogen and oxygen atoms in total. The van der Waals surface area contributed by atoms with Crippen molar-refractivity contribution in [3.05, 3.63) is 137 Å². The lowest BCUT2D eigenvalue weighted by atomic mass is 10.1. The van der Waals surface area contributed by atoms with Crippen molar-refractivity contribution in [2.75, 3.05) is 0 Å². The van der Waals surface area contributed by atoms with Gasteiger partial charge in [0.05, 0.1) is 30.7 Å². The van der Waals surface area contributed by atoms with Crippen LogP contribution in [0.4, 0.5) is 0 Å². The van der Waals surface area contributed by atoms with Gasteiger partial charge >= 0.3 is 5.97 Å². The predicted molar refractivity (Wildman–Crippen MR) is 180 cm³/mol. The molecule has 1 saturated heterocycles. The van der Waals surface area contributed by atoms with E-state index in [1.54, 1.807) is 29.2 Å². The van der Waals surface area contributed by atoms with Gasteiger partial charge in [-0.3, -0.25) is 14.7 Å². The molecule has 0 atom stereocenters. The molecule has 1 fully saturated rings. The Morgan fingerprint density at radius 3 is 2.10 bits per heavy atom. The van der Waals surface area contributed by atoms with Crippen molar-refractivity contribution in [1.29, 1.82) is 0 Å². The third-order valence-corrected chi connectivity index (χ3v) is 8.86. The van der Waals surface area contributed by atoms with Gasteiger partial charge in [-0.25, -0.2) is 4.79 Å². The van der Waals surface area contributed by atoms with Crippen molar-refractivity contribution in [2.24, 2.45) is 4.99 Å². The van der Waals surface area contributed by atoms with Crippen LogP contribution in [0.2, 0.25) is 0 Å². The molecular weight excluding hydrogens is 762 g/mol. The molecule has 4 aromatic rings. The molecular formula is C32H24I2N2O4S. The Bertz CT molecular complexity index is 1600. The fraction of sp³-hybridized carbons (Fsp3) is 0.0938. The summed E-state index contributed by atoms with van der Waals surface area (Å²) >= 11 is 5.88. The summed E-state index contributed by atoms with van der Waals surface area (Å²) in [5, 5.41) is 9.79. The number of carboxylic acids is 1. The standard InChI is InChI=1S/C32H24I2N2O4S/c33-26-15-24(16-27(34)29(26)40-20-23-11-13-25(14-12-23)31(38)39)17-28-30(37)36(19-22-9-5-2-6-10-22)32(41-28)35-18-21-7-3-1-4-8-21/h1-17H,18-20H2,(H,38,39)/b28-17-,35-32?. The number of aromatic carboxylic acids is 1. The number of aliphatic imine (C=N–C) groups is 1. The van der Waals surface area contributed by atoms with Gasteiger partial charge in [-0.2, -0.15) is 0 Å². The number of carbonyl (C=O) groups is 2. The Labute approximate surface area is 269 Å². The van der Waals surface area contributed by atoms with Gasteiger partial charge in [0, 0.05) is 0 Å². The Balaban J connectivity index is 1.36. The minimum absolute atomic E-state index is 0.0687. The van der Waals surface area contributed by atoms with Gasteiger partial charge in [-0.05, 0) is 110 Å². The Kier molecular flexibility index (Phi) is 9.78. The molecule has 0 spiro atoms. The number of carboxylic acid groups (broad SMARTS) is 1. The number of halogens is 2. The number of hydrogen-bond acceptors (Lipinski definition) is 5. The topological polar surface area (TPSA) is 79.2 Å². The van der Waals surface area contributed by atoms with Crippen LogP contribution < -0.4 is 4.74 Å². The van der Waals surface area contributed by atoms with E-state index in [-0.39, 0.29) is 11.5 Å². The molecule has 1 heterocycles. The molecule has 1 aliphatic rings. The van der Waals surface area contributed by atoms with Crippen LogP contribution in [0.5, 0.6) is 5.75 Å². The number of nitrogens with zero attached hydrogens (tertiary/aromatic N) is 2. The molecule has 0 saturated carbocycles. The third-order valence-electron chi connectivity index (χ3n) is 6.21. The van der Waals surface area contributed by atoms with Crippen LogP contribution in [0.15, 0.2) is 107 Å². The summed E-state index contributed by atoms with van der Waals surface area (Å²) in [5.41, 5.74) is 4.14. The lowest BCUT2D eigenvalue weighted by Crippen LogP contribution is -2.28. The molecule has 1 aliphatic heterocycles. The second-order valence-electron chi connectivity index (χ2n) is 9.18. The van der Waals surface area contributed by atoms with Crippen molar-refractivity contribution in [1.82, 2.24) is 4.90 Å². The molecule has 1 N–H and O–H groups in total. The molecule has 4 aromatic carbocycles. The van der Waals surface area contributed by atoms with E-state index in [4.69, 9.17) is 14.8 Å². The van der Waals surface area contributed by atoms with E-state index in [1.807, 2.05) is 78.9 Å². The highest BCUT2D eigenvalue weighted by Gasteiger charge is 2.33. The van der Waals surface area contributed by atoms with Crippen LogP contribution in [0.3, 0.4) is 0 Å². The number of carbonyl (C=O) groups excluding carboxylic acids is 1. The molecule has 206 valence electrons. The minimum atomic E-state index is -0.956. The molecule has 0 unspecified atom stereocenters. The summed E-state index contributed by atoms with van der Waals surface area (Å²) < 4.78 is 7.92. The van der Waals surface area contributed by atoms with E-state index in [2.05, 4.69) is 45.2 Å². The van der Waals surface area contributed by atoms with Crippen LogP contribution in [0.25, 0.3) is 6.08 Å². The molecule has 0 radical (unpaired) electrons. The fourth-order valence-electron chi connectivity index (χ4n) is 4.12. The van der Waals surface area contributed by atoms with Gasteiger partial charge < -0.3 is 9.84 Å². The number of benzene rings is 4. The van der Waals surface area contributed by atoms with E-state index in [0.29, 0.717) is 29.8 Å². The van der Waals surface area contributed by atoms with Gasteiger partial charge in [-0.15, -0.1) is 0 Å². The molecule has 0 aliphatic carbocycles. The summed E-state index contributed by atoms with van der Waals surface area (Å²) in [4.78, 5) is 31.9. The molecule has 5 rings (SSSR count). The smallest absolute Gasteiger partial charge is 0.335 e. The highest BCUT2D eigenvalue weighted by molar-refractivity contribution is 14.1.